The van der Waals surface area contributed by atoms with Gasteiger partial charge >= 0.3 is 0 Å². The van der Waals surface area contributed by atoms with Gasteiger partial charge in [0.15, 0.2) is 0 Å². The smallest absolute Gasteiger partial charge is 0.225 e. The Hall–Kier alpha value is -2.76. The Morgan fingerprint density at radius 1 is 1.20 bits per heavy atom. The number of methoxy groups -OCH3 is 1. The van der Waals surface area contributed by atoms with Gasteiger partial charge in [-0.25, -0.2) is 4.39 Å². The molecule has 160 valence electrons. The van der Waals surface area contributed by atoms with Gasteiger partial charge in [0.1, 0.15) is 11.6 Å². The minimum absolute atomic E-state index is 0.0515. The summed E-state index contributed by atoms with van der Waals surface area (Å²) in [5, 5.41) is 3.14. The van der Waals surface area contributed by atoms with Gasteiger partial charge in [-0.15, -0.1) is 0 Å². The van der Waals surface area contributed by atoms with Crippen LogP contribution in [0.15, 0.2) is 42.5 Å². The van der Waals surface area contributed by atoms with Crippen LogP contribution in [0.3, 0.4) is 0 Å². The van der Waals surface area contributed by atoms with Gasteiger partial charge in [0, 0.05) is 43.6 Å². The van der Waals surface area contributed by atoms with E-state index >= 15 is 0 Å². The van der Waals surface area contributed by atoms with E-state index in [0.29, 0.717) is 18.9 Å². The number of benzene rings is 2. The minimum atomic E-state index is -0.234. The molecule has 0 spiro atoms. The van der Waals surface area contributed by atoms with E-state index in [9.17, 15) is 9.18 Å². The van der Waals surface area contributed by atoms with E-state index in [-0.39, 0.29) is 23.7 Å². The van der Waals surface area contributed by atoms with Crippen molar-refractivity contribution in [1.82, 2.24) is 5.32 Å². The highest BCUT2D eigenvalue weighted by molar-refractivity contribution is 5.82. The zero-order valence-electron chi connectivity index (χ0n) is 17.9. The zero-order chi connectivity index (χ0) is 21.3. The molecule has 0 aliphatic carbocycles. The molecule has 0 bridgehead atoms. The summed E-state index contributed by atoms with van der Waals surface area (Å²) in [5.41, 5.74) is 3.34. The molecule has 2 aromatic carbocycles. The second kappa shape index (κ2) is 8.54. The van der Waals surface area contributed by atoms with Gasteiger partial charge in [-0.05, 0) is 48.2 Å². The molecule has 0 radical (unpaired) electrons. The van der Waals surface area contributed by atoms with Gasteiger partial charge in [0.05, 0.1) is 19.1 Å². The topological polar surface area (TPSA) is 44.8 Å². The molecular formula is C24H30FN3O2. The summed E-state index contributed by atoms with van der Waals surface area (Å²) in [6.07, 6.45) is 0.710. The fourth-order valence-electron chi connectivity index (χ4n) is 4.53. The van der Waals surface area contributed by atoms with Gasteiger partial charge in [-0.3, -0.25) is 4.79 Å². The highest BCUT2D eigenvalue weighted by Gasteiger charge is 2.41. The number of rotatable bonds is 5. The van der Waals surface area contributed by atoms with Crippen molar-refractivity contribution in [3.8, 4) is 5.75 Å². The van der Waals surface area contributed by atoms with E-state index in [1.165, 1.54) is 17.7 Å². The number of ether oxygens (including phenoxy) is 1. The van der Waals surface area contributed by atoms with Crippen molar-refractivity contribution in [2.75, 3.05) is 43.1 Å². The first-order valence-corrected chi connectivity index (χ1v) is 10.7. The minimum Gasteiger partial charge on any atom is -0.497 e. The van der Waals surface area contributed by atoms with Crippen LogP contribution in [0.1, 0.15) is 19.4 Å². The molecule has 0 aromatic heterocycles. The second-order valence-electron chi connectivity index (χ2n) is 8.63. The summed E-state index contributed by atoms with van der Waals surface area (Å²) < 4.78 is 18.8. The van der Waals surface area contributed by atoms with E-state index in [4.69, 9.17) is 4.74 Å². The van der Waals surface area contributed by atoms with Crippen molar-refractivity contribution in [3.05, 3.63) is 53.8 Å². The van der Waals surface area contributed by atoms with Crippen LogP contribution in [0.2, 0.25) is 0 Å². The normalized spacial score (nSPS) is 20.6. The maximum atomic E-state index is 13.4. The molecule has 5 nitrogen and oxygen atoms in total. The largest absolute Gasteiger partial charge is 0.497 e. The number of nitrogens with one attached hydrogen (secondary N) is 1. The predicted octanol–water partition coefficient (Wildman–Crippen LogP) is 3.47. The molecule has 2 aromatic rings. The van der Waals surface area contributed by atoms with Crippen molar-refractivity contribution < 1.29 is 13.9 Å². The van der Waals surface area contributed by atoms with Crippen LogP contribution in [-0.4, -0.2) is 45.2 Å². The second-order valence-corrected chi connectivity index (χ2v) is 8.63. The zero-order valence-corrected chi connectivity index (χ0v) is 17.9. The maximum absolute atomic E-state index is 13.4. The number of anilines is 2. The number of carbonyl (C=O) groups excluding carboxylic acids is 1. The average molecular weight is 412 g/mol. The number of amides is 1. The lowest BCUT2D eigenvalue weighted by molar-refractivity contribution is -0.126. The van der Waals surface area contributed by atoms with Crippen molar-refractivity contribution in [3.63, 3.8) is 0 Å². The summed E-state index contributed by atoms with van der Waals surface area (Å²) in [6.45, 7) is 7.23. The Kier molecular flexibility index (Phi) is 5.84. The third-order valence-electron chi connectivity index (χ3n) is 6.14. The van der Waals surface area contributed by atoms with Gasteiger partial charge in [-0.1, -0.05) is 19.9 Å². The molecule has 30 heavy (non-hydrogen) atoms. The first-order valence-electron chi connectivity index (χ1n) is 10.7. The maximum Gasteiger partial charge on any atom is 0.225 e. The number of piperazine rings is 1. The van der Waals surface area contributed by atoms with E-state index < -0.39 is 0 Å². The molecule has 2 aliphatic heterocycles. The third kappa shape index (κ3) is 4.09. The Balaban J connectivity index is 1.64. The molecule has 0 unspecified atom stereocenters. The fourth-order valence-corrected chi connectivity index (χ4v) is 4.53. The van der Waals surface area contributed by atoms with Crippen molar-refractivity contribution >= 4 is 17.3 Å². The lowest BCUT2D eigenvalue weighted by atomic mass is 9.83. The Bertz CT molecular complexity index is 900. The van der Waals surface area contributed by atoms with Crippen LogP contribution in [0.4, 0.5) is 15.8 Å². The number of hydrogen-bond donors (Lipinski definition) is 1. The van der Waals surface area contributed by atoms with Crippen LogP contribution in [0.25, 0.3) is 0 Å². The van der Waals surface area contributed by atoms with Crippen molar-refractivity contribution in [2.45, 2.75) is 26.3 Å². The molecule has 0 saturated carbocycles. The average Bonchev–Trinajstić information content (AvgIpc) is 2.76. The quantitative estimate of drug-likeness (QED) is 0.818. The fraction of sp³-hybridized carbons (Fsp3) is 0.458. The van der Waals surface area contributed by atoms with Gasteiger partial charge in [0.2, 0.25) is 5.91 Å². The molecular weight excluding hydrogens is 381 g/mol. The standard InChI is InChI=1S/C24H30FN3O2/c1-16(2)14-26-24(29)21-12-17-4-9-20(30-3)13-22(17)28-11-10-27(15-23(21)28)19-7-5-18(25)6-8-19/h4-9,13,16,21,23H,10-12,14-15H2,1-3H3,(H,26,29)/t21-,23-/m1/s1. The number of nitrogens with zero attached hydrogens (tertiary/aromatic N) is 2. The van der Waals surface area contributed by atoms with Gasteiger partial charge in [0.25, 0.3) is 0 Å². The van der Waals surface area contributed by atoms with Crippen LogP contribution in [0.5, 0.6) is 5.75 Å². The number of carbonyl (C=O) groups is 1. The molecule has 2 heterocycles. The first kappa shape index (κ1) is 20.5. The van der Waals surface area contributed by atoms with E-state index in [1.807, 2.05) is 18.2 Å². The number of halogens is 1. The molecule has 4 rings (SSSR count). The van der Waals surface area contributed by atoms with Crippen LogP contribution in [-0.2, 0) is 11.2 Å². The summed E-state index contributed by atoms with van der Waals surface area (Å²) in [4.78, 5) is 17.8. The van der Waals surface area contributed by atoms with Crippen molar-refractivity contribution in [1.29, 1.82) is 0 Å². The summed E-state index contributed by atoms with van der Waals surface area (Å²) in [6, 6.07) is 12.8. The molecule has 1 saturated heterocycles. The lowest BCUT2D eigenvalue weighted by Gasteiger charge is -2.49. The van der Waals surface area contributed by atoms with Crippen LogP contribution in [0, 0.1) is 17.7 Å². The molecule has 2 aliphatic rings. The molecule has 1 amide bonds. The van der Waals surface area contributed by atoms with E-state index in [1.54, 1.807) is 7.11 Å². The predicted molar refractivity (Wildman–Crippen MR) is 118 cm³/mol. The SMILES string of the molecule is COc1ccc2c(c1)N1CCN(c3ccc(F)cc3)C[C@@H]1[C@H](C(=O)NCC(C)C)C2. The number of hydrogen-bond acceptors (Lipinski definition) is 4. The molecule has 2 atom stereocenters. The Labute approximate surface area is 177 Å². The van der Waals surface area contributed by atoms with Crippen LogP contribution < -0.4 is 19.9 Å². The molecule has 6 heteroatoms. The van der Waals surface area contributed by atoms with Gasteiger partial charge < -0.3 is 19.9 Å². The Morgan fingerprint density at radius 2 is 1.97 bits per heavy atom. The molecule has 1 N–H and O–H groups in total. The first-order chi connectivity index (χ1) is 14.5. The van der Waals surface area contributed by atoms with Gasteiger partial charge in [-0.2, -0.15) is 0 Å². The van der Waals surface area contributed by atoms with Crippen molar-refractivity contribution in [2.24, 2.45) is 11.8 Å². The number of fused-ring (bicyclic) bond motifs is 3. The highest BCUT2D eigenvalue weighted by atomic mass is 19.1. The molecule has 1 fully saturated rings. The van der Waals surface area contributed by atoms with E-state index in [0.717, 1.165) is 36.8 Å². The lowest BCUT2D eigenvalue weighted by Crippen LogP contribution is -2.61. The van der Waals surface area contributed by atoms with E-state index in [2.05, 4.69) is 41.1 Å². The summed E-state index contributed by atoms with van der Waals surface area (Å²) >= 11 is 0. The summed E-state index contributed by atoms with van der Waals surface area (Å²) in [7, 11) is 1.68. The third-order valence-corrected chi connectivity index (χ3v) is 6.14. The Morgan fingerprint density at radius 3 is 2.67 bits per heavy atom. The highest BCUT2D eigenvalue weighted by Crippen LogP contribution is 2.39. The monoisotopic (exact) mass is 411 g/mol. The summed E-state index contributed by atoms with van der Waals surface area (Å²) in [5.74, 6) is 0.986. The van der Waals surface area contributed by atoms with Crippen LogP contribution >= 0.6 is 0 Å².